The van der Waals surface area contributed by atoms with Gasteiger partial charge in [-0.3, -0.25) is 0 Å². The maximum atomic E-state index is 12.7. The molecule has 0 fully saturated rings. The lowest BCUT2D eigenvalue weighted by Crippen LogP contribution is -2.30. The maximum Gasteiger partial charge on any atom is 0.243 e. The molecule has 0 atom stereocenters. The molecule has 2 aromatic rings. The highest BCUT2D eigenvalue weighted by atomic mass is 35.5. The van der Waals surface area contributed by atoms with Crippen LogP contribution in [-0.2, 0) is 10.0 Å². The quantitative estimate of drug-likeness (QED) is 0.539. The molecule has 25 heavy (non-hydrogen) atoms. The molecule has 1 heterocycles. The van der Waals surface area contributed by atoms with Gasteiger partial charge in [0.25, 0.3) is 0 Å². The fourth-order valence-corrected chi connectivity index (χ4v) is 4.50. The lowest BCUT2D eigenvalue weighted by Gasteiger charge is -2.18. The Labute approximate surface area is 156 Å². The van der Waals surface area contributed by atoms with Crippen molar-refractivity contribution in [2.24, 2.45) is 0 Å². The summed E-state index contributed by atoms with van der Waals surface area (Å²) in [5.74, 6) is 6.86. The summed E-state index contributed by atoms with van der Waals surface area (Å²) >= 11 is 7.05. The molecule has 0 aliphatic carbocycles. The van der Waals surface area contributed by atoms with Gasteiger partial charge in [0.15, 0.2) is 5.82 Å². The summed E-state index contributed by atoms with van der Waals surface area (Å²) in [4.78, 5) is 0.194. The fourth-order valence-electron chi connectivity index (χ4n) is 2.22. The minimum atomic E-state index is -3.56. The van der Waals surface area contributed by atoms with Gasteiger partial charge in [-0.05, 0) is 12.1 Å². The van der Waals surface area contributed by atoms with E-state index in [1.54, 1.807) is 38.1 Å². The summed E-state index contributed by atoms with van der Waals surface area (Å²) in [6, 6.07) is 6.51. The molecular formula is C15H20ClN5O2S2. The van der Waals surface area contributed by atoms with Crippen LogP contribution in [0.3, 0.4) is 0 Å². The van der Waals surface area contributed by atoms with Crippen LogP contribution in [-0.4, -0.2) is 46.4 Å². The van der Waals surface area contributed by atoms with Crippen molar-refractivity contribution in [1.29, 1.82) is 0 Å². The van der Waals surface area contributed by atoms with Crippen LogP contribution in [0.25, 0.3) is 11.4 Å². The SMILES string of the molecule is C=C(Cl)CSc1nnc(-c2cccc(S(=O)(=O)N(CC)CC)c2)n1N. The number of aromatic nitrogens is 3. The number of benzene rings is 1. The number of sulfonamides is 1. The number of hydrogen-bond donors (Lipinski definition) is 1. The number of rotatable bonds is 8. The third kappa shape index (κ3) is 4.35. The van der Waals surface area contributed by atoms with Gasteiger partial charge in [-0.1, -0.05) is 55.9 Å². The molecule has 7 nitrogen and oxygen atoms in total. The van der Waals surface area contributed by atoms with Crippen LogP contribution in [0.4, 0.5) is 0 Å². The zero-order chi connectivity index (χ0) is 18.6. The monoisotopic (exact) mass is 401 g/mol. The molecule has 1 aromatic heterocycles. The topological polar surface area (TPSA) is 94.1 Å². The zero-order valence-electron chi connectivity index (χ0n) is 14.0. The number of nitrogens with zero attached hydrogens (tertiary/aromatic N) is 4. The van der Waals surface area contributed by atoms with Crippen LogP contribution >= 0.6 is 23.4 Å². The lowest BCUT2D eigenvalue weighted by atomic mass is 10.2. The first-order valence-electron chi connectivity index (χ1n) is 7.58. The molecule has 2 N–H and O–H groups in total. The molecule has 0 aliphatic rings. The van der Waals surface area contributed by atoms with Crippen LogP contribution in [0.15, 0.2) is 45.9 Å². The number of thioether (sulfide) groups is 1. The Kier molecular flexibility index (Phi) is 6.50. The Morgan fingerprint density at radius 1 is 1.36 bits per heavy atom. The molecule has 0 bridgehead atoms. The lowest BCUT2D eigenvalue weighted by molar-refractivity contribution is 0.445. The predicted molar refractivity (Wildman–Crippen MR) is 101 cm³/mol. The van der Waals surface area contributed by atoms with Crippen molar-refractivity contribution >= 4 is 33.4 Å². The average molecular weight is 402 g/mol. The summed E-state index contributed by atoms with van der Waals surface area (Å²) in [6.07, 6.45) is 0. The van der Waals surface area contributed by atoms with Gasteiger partial charge in [0.1, 0.15) is 0 Å². The number of halogens is 1. The molecule has 0 radical (unpaired) electrons. The Morgan fingerprint density at radius 2 is 2.04 bits per heavy atom. The predicted octanol–water partition coefficient (Wildman–Crippen LogP) is 2.53. The van der Waals surface area contributed by atoms with Crippen molar-refractivity contribution in [2.45, 2.75) is 23.9 Å². The normalized spacial score (nSPS) is 11.8. The molecule has 10 heteroatoms. The second-order valence-electron chi connectivity index (χ2n) is 5.10. The molecular weight excluding hydrogens is 382 g/mol. The first-order chi connectivity index (χ1) is 11.8. The Hall–Kier alpha value is -1.55. The summed E-state index contributed by atoms with van der Waals surface area (Å²) in [7, 11) is -3.56. The average Bonchev–Trinajstić information content (AvgIpc) is 2.94. The summed E-state index contributed by atoms with van der Waals surface area (Å²) in [6.45, 7) is 8.02. The van der Waals surface area contributed by atoms with Crippen molar-refractivity contribution in [3.05, 3.63) is 35.9 Å². The van der Waals surface area contributed by atoms with Crippen molar-refractivity contribution in [3.8, 4) is 11.4 Å². The molecule has 0 saturated carbocycles. The number of nitrogens with two attached hydrogens (primary N) is 1. The highest BCUT2D eigenvalue weighted by Gasteiger charge is 2.22. The van der Waals surface area contributed by atoms with Crippen molar-refractivity contribution in [2.75, 3.05) is 24.7 Å². The van der Waals surface area contributed by atoms with Gasteiger partial charge in [-0.25, -0.2) is 13.1 Å². The first kappa shape index (κ1) is 19.8. The second-order valence-corrected chi connectivity index (χ2v) is 8.51. The van der Waals surface area contributed by atoms with E-state index in [2.05, 4.69) is 16.8 Å². The van der Waals surface area contributed by atoms with E-state index in [0.29, 0.717) is 40.4 Å². The smallest absolute Gasteiger partial charge is 0.243 e. The largest absolute Gasteiger partial charge is 0.335 e. The molecule has 0 unspecified atom stereocenters. The summed E-state index contributed by atoms with van der Waals surface area (Å²) in [5, 5.41) is 9.01. The van der Waals surface area contributed by atoms with Gasteiger partial charge in [0, 0.05) is 29.4 Å². The van der Waals surface area contributed by atoms with Gasteiger partial charge in [0.2, 0.25) is 15.2 Å². The minimum absolute atomic E-state index is 0.194. The molecule has 0 amide bonds. The molecule has 0 aliphatic heterocycles. The maximum absolute atomic E-state index is 12.7. The van der Waals surface area contributed by atoms with E-state index >= 15 is 0 Å². The van der Waals surface area contributed by atoms with Crippen molar-refractivity contribution in [1.82, 2.24) is 19.2 Å². The van der Waals surface area contributed by atoms with Crippen molar-refractivity contribution in [3.63, 3.8) is 0 Å². The van der Waals surface area contributed by atoms with E-state index in [1.165, 1.54) is 20.7 Å². The van der Waals surface area contributed by atoms with Crippen molar-refractivity contribution < 1.29 is 8.42 Å². The third-order valence-corrected chi connectivity index (χ3v) is 6.83. The summed E-state index contributed by atoms with van der Waals surface area (Å²) < 4.78 is 28.0. The minimum Gasteiger partial charge on any atom is -0.335 e. The van der Waals surface area contributed by atoms with E-state index in [9.17, 15) is 8.42 Å². The Morgan fingerprint density at radius 3 is 2.64 bits per heavy atom. The van der Waals surface area contributed by atoms with E-state index in [4.69, 9.17) is 17.4 Å². The van der Waals surface area contributed by atoms with Crippen LogP contribution in [0.2, 0.25) is 0 Å². The van der Waals surface area contributed by atoms with Gasteiger partial charge in [-0.2, -0.15) is 4.31 Å². The molecule has 136 valence electrons. The van der Waals surface area contributed by atoms with Gasteiger partial charge in [-0.15, -0.1) is 10.2 Å². The highest BCUT2D eigenvalue weighted by Crippen LogP contribution is 2.26. The van der Waals surface area contributed by atoms with E-state index in [1.807, 2.05) is 0 Å². The Balaban J connectivity index is 2.38. The Bertz CT molecular complexity index is 863. The molecule has 0 spiro atoms. The molecule has 0 saturated heterocycles. The van der Waals surface area contributed by atoms with E-state index in [-0.39, 0.29) is 4.90 Å². The van der Waals surface area contributed by atoms with Crippen LogP contribution in [0.1, 0.15) is 13.8 Å². The van der Waals surface area contributed by atoms with Gasteiger partial charge < -0.3 is 5.84 Å². The second kappa shape index (κ2) is 8.22. The van der Waals surface area contributed by atoms with E-state index in [0.717, 1.165) is 0 Å². The van der Waals surface area contributed by atoms with Gasteiger partial charge in [0.05, 0.1) is 4.90 Å². The number of nitrogen functional groups attached to an aromatic ring is 1. The molecule has 2 rings (SSSR count). The zero-order valence-corrected chi connectivity index (χ0v) is 16.4. The van der Waals surface area contributed by atoms with Crippen LogP contribution in [0.5, 0.6) is 0 Å². The van der Waals surface area contributed by atoms with Gasteiger partial charge >= 0.3 is 0 Å². The third-order valence-electron chi connectivity index (χ3n) is 3.46. The standard InChI is InChI=1S/C15H20ClN5O2S2/c1-4-20(5-2)25(22,23)13-8-6-7-12(9-13)14-18-19-15(21(14)17)24-10-11(3)16/h6-9H,3-5,10,17H2,1-2H3. The fraction of sp³-hybridized carbons (Fsp3) is 0.333. The van der Waals surface area contributed by atoms with Crippen LogP contribution < -0.4 is 5.84 Å². The first-order valence-corrected chi connectivity index (χ1v) is 10.4. The van der Waals surface area contributed by atoms with Crippen LogP contribution in [0, 0.1) is 0 Å². The molecule has 1 aromatic carbocycles. The summed E-state index contributed by atoms with van der Waals surface area (Å²) in [5.41, 5.74) is 0.569. The number of hydrogen-bond acceptors (Lipinski definition) is 6. The highest BCUT2D eigenvalue weighted by molar-refractivity contribution is 7.99. The van der Waals surface area contributed by atoms with E-state index < -0.39 is 10.0 Å².